The lowest BCUT2D eigenvalue weighted by Crippen LogP contribution is -2.46. The molecule has 5 nitrogen and oxygen atoms in total. The van der Waals surface area contributed by atoms with Crippen molar-refractivity contribution in [3.63, 3.8) is 0 Å². The molecule has 1 fully saturated rings. The fourth-order valence-electron chi connectivity index (χ4n) is 2.45. The number of rotatable bonds is 4. The molecule has 114 valence electrons. The fourth-order valence-corrected chi connectivity index (χ4v) is 2.45. The smallest absolute Gasteiger partial charge is 0.311 e. The van der Waals surface area contributed by atoms with Crippen LogP contribution in [0.3, 0.4) is 0 Å². The Morgan fingerprint density at radius 2 is 2.00 bits per heavy atom. The van der Waals surface area contributed by atoms with Crippen molar-refractivity contribution in [2.24, 2.45) is 5.41 Å². The summed E-state index contributed by atoms with van der Waals surface area (Å²) in [6.45, 7) is 2.43. The van der Waals surface area contributed by atoms with Crippen molar-refractivity contribution in [2.75, 3.05) is 19.8 Å². The Bertz CT molecular complexity index is 532. The van der Waals surface area contributed by atoms with Gasteiger partial charge in [-0.2, -0.15) is 0 Å². The zero-order valence-corrected chi connectivity index (χ0v) is 11.8. The lowest BCUT2D eigenvalue weighted by molar-refractivity contribution is -0.154. The molecular formula is C15H18FNO4. The summed E-state index contributed by atoms with van der Waals surface area (Å²) in [4.78, 5) is 23.5. The molecular weight excluding hydrogens is 277 g/mol. The van der Waals surface area contributed by atoms with E-state index < -0.39 is 23.1 Å². The number of aryl methyl sites for hydroxylation is 1. The van der Waals surface area contributed by atoms with Crippen molar-refractivity contribution >= 4 is 11.9 Å². The summed E-state index contributed by atoms with van der Waals surface area (Å²) in [5.41, 5.74) is -0.171. The van der Waals surface area contributed by atoms with Crippen LogP contribution >= 0.6 is 0 Å². The molecule has 21 heavy (non-hydrogen) atoms. The van der Waals surface area contributed by atoms with Gasteiger partial charge < -0.3 is 15.2 Å². The molecule has 1 aromatic carbocycles. The third kappa shape index (κ3) is 3.58. The van der Waals surface area contributed by atoms with E-state index in [1.807, 2.05) is 0 Å². The highest BCUT2D eigenvalue weighted by Gasteiger charge is 2.40. The Morgan fingerprint density at radius 3 is 2.57 bits per heavy atom. The number of hydrogen-bond acceptors (Lipinski definition) is 3. The standard InChI is InChI=1S/C15H18FNO4/c1-10-6-11(8-12(16)7-10)13(18)17-9-15(14(19)20)2-4-21-5-3-15/h6-8H,2-5,9H2,1H3,(H,17,18)(H,19,20). The average Bonchev–Trinajstić information content (AvgIpc) is 2.44. The number of ether oxygens (including phenoxy) is 1. The number of carboxylic acids is 1. The van der Waals surface area contributed by atoms with E-state index >= 15 is 0 Å². The number of carbonyl (C=O) groups excluding carboxylic acids is 1. The quantitative estimate of drug-likeness (QED) is 0.887. The first kappa shape index (κ1) is 15.4. The van der Waals surface area contributed by atoms with E-state index in [1.165, 1.54) is 6.07 Å². The zero-order chi connectivity index (χ0) is 15.5. The number of carboxylic acid groups (broad SMARTS) is 1. The molecule has 6 heteroatoms. The Labute approximate surface area is 122 Å². The number of benzene rings is 1. The third-order valence-corrected chi connectivity index (χ3v) is 3.80. The van der Waals surface area contributed by atoms with E-state index in [0.717, 1.165) is 6.07 Å². The van der Waals surface area contributed by atoms with E-state index in [2.05, 4.69) is 5.32 Å². The molecule has 1 aliphatic heterocycles. The van der Waals surface area contributed by atoms with Gasteiger partial charge in [0.25, 0.3) is 5.91 Å². The van der Waals surface area contributed by atoms with Gasteiger partial charge in [0.05, 0.1) is 5.41 Å². The Balaban J connectivity index is 2.06. The van der Waals surface area contributed by atoms with Gasteiger partial charge in [-0.3, -0.25) is 9.59 Å². The summed E-state index contributed by atoms with van der Waals surface area (Å²) in [5.74, 6) is -1.90. The van der Waals surface area contributed by atoms with E-state index in [9.17, 15) is 19.1 Å². The summed E-state index contributed by atoms with van der Waals surface area (Å²) in [6, 6.07) is 4.03. The highest BCUT2D eigenvalue weighted by Crippen LogP contribution is 2.30. The molecule has 0 unspecified atom stereocenters. The second kappa shape index (κ2) is 6.22. The largest absolute Gasteiger partial charge is 0.481 e. The first-order valence-corrected chi connectivity index (χ1v) is 6.79. The number of aliphatic carboxylic acids is 1. The average molecular weight is 295 g/mol. The summed E-state index contributed by atoms with van der Waals surface area (Å²) >= 11 is 0. The van der Waals surface area contributed by atoms with Crippen molar-refractivity contribution in [3.8, 4) is 0 Å². The number of halogens is 1. The lowest BCUT2D eigenvalue weighted by atomic mass is 9.80. The molecule has 0 spiro atoms. The third-order valence-electron chi connectivity index (χ3n) is 3.80. The van der Waals surface area contributed by atoms with Crippen LogP contribution in [0.25, 0.3) is 0 Å². The van der Waals surface area contributed by atoms with Gasteiger partial charge in [0.2, 0.25) is 0 Å². The van der Waals surface area contributed by atoms with Crippen LogP contribution in [-0.4, -0.2) is 36.7 Å². The predicted octanol–water partition coefficient (Wildman–Crippen LogP) is 1.75. The van der Waals surface area contributed by atoms with Crippen LogP contribution in [0.2, 0.25) is 0 Å². The summed E-state index contributed by atoms with van der Waals surface area (Å²) < 4.78 is 18.5. The summed E-state index contributed by atoms with van der Waals surface area (Å²) in [6.07, 6.45) is 0.704. The van der Waals surface area contributed by atoms with Crippen molar-refractivity contribution in [1.29, 1.82) is 0 Å². The fraction of sp³-hybridized carbons (Fsp3) is 0.467. The van der Waals surface area contributed by atoms with Gasteiger partial charge in [-0.1, -0.05) is 0 Å². The van der Waals surface area contributed by atoms with Gasteiger partial charge in [0.15, 0.2) is 0 Å². The highest BCUT2D eigenvalue weighted by molar-refractivity contribution is 5.94. The number of nitrogens with one attached hydrogen (secondary N) is 1. The summed E-state index contributed by atoms with van der Waals surface area (Å²) in [5, 5.41) is 12.0. The van der Waals surface area contributed by atoms with Crippen LogP contribution in [-0.2, 0) is 9.53 Å². The van der Waals surface area contributed by atoms with E-state index in [-0.39, 0.29) is 12.1 Å². The van der Waals surface area contributed by atoms with Gasteiger partial charge in [-0.15, -0.1) is 0 Å². The molecule has 2 N–H and O–H groups in total. The van der Waals surface area contributed by atoms with Crippen molar-refractivity contribution in [1.82, 2.24) is 5.32 Å². The first-order chi connectivity index (χ1) is 9.93. The van der Waals surface area contributed by atoms with Crippen LogP contribution in [0.1, 0.15) is 28.8 Å². The van der Waals surface area contributed by atoms with Crippen molar-refractivity contribution < 1.29 is 23.8 Å². The van der Waals surface area contributed by atoms with Crippen LogP contribution < -0.4 is 5.32 Å². The molecule has 0 aliphatic carbocycles. The van der Waals surface area contributed by atoms with Crippen molar-refractivity contribution in [3.05, 3.63) is 35.1 Å². The lowest BCUT2D eigenvalue weighted by Gasteiger charge is -2.33. The number of amides is 1. The second-order valence-corrected chi connectivity index (χ2v) is 5.40. The molecule has 1 amide bonds. The SMILES string of the molecule is Cc1cc(F)cc(C(=O)NCC2(C(=O)O)CCOCC2)c1. The molecule has 1 saturated heterocycles. The van der Waals surface area contributed by atoms with Gasteiger partial charge in [-0.05, 0) is 43.5 Å². The normalized spacial score (nSPS) is 17.2. The minimum absolute atomic E-state index is 0.0140. The van der Waals surface area contributed by atoms with Crippen LogP contribution in [0.5, 0.6) is 0 Å². The zero-order valence-electron chi connectivity index (χ0n) is 11.8. The number of carbonyl (C=O) groups is 2. The van der Waals surface area contributed by atoms with Gasteiger partial charge in [0, 0.05) is 25.3 Å². The van der Waals surface area contributed by atoms with Gasteiger partial charge in [0.1, 0.15) is 5.82 Å². The molecule has 1 aromatic rings. The maximum Gasteiger partial charge on any atom is 0.311 e. The molecule has 1 heterocycles. The minimum atomic E-state index is -1.00. The van der Waals surface area contributed by atoms with Crippen LogP contribution in [0, 0.1) is 18.2 Å². The Morgan fingerprint density at radius 1 is 1.33 bits per heavy atom. The molecule has 2 rings (SSSR count). The molecule has 1 aliphatic rings. The Kier molecular flexibility index (Phi) is 4.57. The molecule has 0 aromatic heterocycles. The second-order valence-electron chi connectivity index (χ2n) is 5.40. The van der Waals surface area contributed by atoms with E-state index in [4.69, 9.17) is 4.74 Å². The van der Waals surface area contributed by atoms with Crippen LogP contribution in [0.15, 0.2) is 18.2 Å². The predicted molar refractivity (Wildman–Crippen MR) is 73.6 cm³/mol. The highest BCUT2D eigenvalue weighted by atomic mass is 19.1. The Hall–Kier alpha value is -1.95. The van der Waals surface area contributed by atoms with Gasteiger partial charge >= 0.3 is 5.97 Å². The maximum atomic E-state index is 13.3. The maximum absolute atomic E-state index is 13.3. The van der Waals surface area contributed by atoms with Crippen LogP contribution in [0.4, 0.5) is 4.39 Å². The molecule has 0 bridgehead atoms. The monoisotopic (exact) mass is 295 g/mol. The van der Waals surface area contributed by atoms with Crippen molar-refractivity contribution in [2.45, 2.75) is 19.8 Å². The van der Waals surface area contributed by atoms with E-state index in [1.54, 1.807) is 13.0 Å². The first-order valence-electron chi connectivity index (χ1n) is 6.79. The van der Waals surface area contributed by atoms with E-state index in [0.29, 0.717) is 31.6 Å². The number of hydrogen-bond donors (Lipinski definition) is 2. The molecule has 0 atom stereocenters. The minimum Gasteiger partial charge on any atom is -0.481 e. The molecule has 0 saturated carbocycles. The molecule has 0 radical (unpaired) electrons. The summed E-state index contributed by atoms with van der Waals surface area (Å²) in [7, 11) is 0. The van der Waals surface area contributed by atoms with Gasteiger partial charge in [-0.25, -0.2) is 4.39 Å². The topological polar surface area (TPSA) is 75.6 Å².